The number of nitrogens with one attached hydrogen (secondary N) is 2. The Hall–Kier alpha value is -4.28. The second kappa shape index (κ2) is 10.8. The van der Waals surface area contributed by atoms with E-state index in [1.165, 1.54) is 6.07 Å². The van der Waals surface area contributed by atoms with E-state index in [0.717, 1.165) is 25.0 Å². The molecule has 37 heavy (non-hydrogen) atoms. The molecule has 9 nitrogen and oxygen atoms in total. The van der Waals surface area contributed by atoms with Crippen LogP contribution in [0, 0.1) is 5.41 Å². The minimum Gasteiger partial charge on any atom is -0.384 e. The summed E-state index contributed by atoms with van der Waals surface area (Å²) in [5.41, 5.74) is 9.59. The van der Waals surface area contributed by atoms with Gasteiger partial charge >= 0.3 is 0 Å². The van der Waals surface area contributed by atoms with Crippen molar-refractivity contribution in [1.82, 2.24) is 9.78 Å². The van der Waals surface area contributed by atoms with Gasteiger partial charge in [-0.3, -0.25) is 10.2 Å². The second-order valence-corrected chi connectivity index (χ2v) is 10.1. The smallest absolute Gasteiger partial charge is 0.274 e. The molecule has 190 valence electrons. The van der Waals surface area contributed by atoms with E-state index >= 15 is 0 Å². The molecule has 0 radical (unpaired) electrons. The predicted octanol–water partition coefficient (Wildman–Crippen LogP) is 4.07. The normalized spacial score (nSPS) is 11.3. The van der Waals surface area contributed by atoms with E-state index in [9.17, 15) is 13.2 Å². The van der Waals surface area contributed by atoms with Crippen LogP contribution in [0.4, 0.5) is 5.69 Å². The Labute approximate surface area is 215 Å². The summed E-state index contributed by atoms with van der Waals surface area (Å²) in [6.07, 6.45) is 2.66. The molecule has 10 heteroatoms. The van der Waals surface area contributed by atoms with Crippen LogP contribution in [-0.2, 0) is 16.4 Å². The maximum absolute atomic E-state index is 13.3. The molecular weight excluding hydrogens is 488 g/mol. The molecule has 0 aliphatic heterocycles. The number of hydrogen-bond acceptors (Lipinski definition) is 5. The zero-order valence-corrected chi connectivity index (χ0v) is 21.1. The first kappa shape index (κ1) is 25.8. The highest BCUT2D eigenvalue weighted by molar-refractivity contribution is 7.89. The third kappa shape index (κ3) is 5.93. The first-order valence-corrected chi connectivity index (χ1v) is 13.3. The molecule has 1 amide bonds. The average Bonchev–Trinajstić information content (AvgIpc) is 3.32. The van der Waals surface area contributed by atoms with Crippen LogP contribution in [0.5, 0.6) is 0 Å². The van der Waals surface area contributed by atoms with Crippen LogP contribution in [0.25, 0.3) is 16.8 Å². The number of amidine groups is 1. The van der Waals surface area contributed by atoms with Gasteiger partial charge in [-0.1, -0.05) is 55.8 Å². The van der Waals surface area contributed by atoms with E-state index in [2.05, 4.69) is 17.3 Å². The van der Waals surface area contributed by atoms with Crippen LogP contribution in [0.15, 0.2) is 83.8 Å². The van der Waals surface area contributed by atoms with Crippen molar-refractivity contribution in [2.24, 2.45) is 10.9 Å². The van der Waals surface area contributed by atoms with Gasteiger partial charge in [0.05, 0.1) is 16.3 Å². The molecule has 0 saturated heterocycles. The zero-order valence-electron chi connectivity index (χ0n) is 20.3. The van der Waals surface area contributed by atoms with Gasteiger partial charge in [-0.2, -0.15) is 5.10 Å². The van der Waals surface area contributed by atoms with E-state index in [4.69, 9.17) is 16.3 Å². The van der Waals surface area contributed by atoms with Gasteiger partial charge in [0.25, 0.3) is 5.91 Å². The Morgan fingerprint density at radius 2 is 1.76 bits per heavy atom. The molecule has 1 heterocycles. The number of sulfonamides is 1. The summed E-state index contributed by atoms with van der Waals surface area (Å²) in [6.45, 7) is 2.09. The van der Waals surface area contributed by atoms with Crippen molar-refractivity contribution in [3.05, 3.63) is 95.8 Å². The number of aryl methyl sites for hydroxylation is 1. The number of anilines is 1. The average molecular weight is 517 g/mol. The summed E-state index contributed by atoms with van der Waals surface area (Å²) in [4.78, 5) is 13.4. The fourth-order valence-electron chi connectivity index (χ4n) is 3.96. The summed E-state index contributed by atoms with van der Waals surface area (Å²) in [7, 11) is -3.89. The number of nitrogens with zero attached hydrogens (tertiary/aromatic N) is 2. The summed E-state index contributed by atoms with van der Waals surface area (Å²) in [5.74, 6) is -0.434. The minimum absolute atomic E-state index is 0.0306. The number of amides is 1. The highest BCUT2D eigenvalue weighted by atomic mass is 32.2. The first-order valence-electron chi connectivity index (χ1n) is 11.7. The number of carbonyl (C=O) groups excluding carboxylic acids is 1. The molecule has 0 bridgehead atoms. The molecular formula is C27H28N6O3S. The van der Waals surface area contributed by atoms with Crippen LogP contribution in [0.1, 0.15) is 41.5 Å². The van der Waals surface area contributed by atoms with E-state index < -0.39 is 10.0 Å². The van der Waals surface area contributed by atoms with E-state index in [0.29, 0.717) is 33.8 Å². The summed E-state index contributed by atoms with van der Waals surface area (Å²) in [5, 5.41) is 20.6. The van der Waals surface area contributed by atoms with Crippen molar-refractivity contribution in [3.63, 3.8) is 0 Å². The number of aromatic nitrogens is 2. The lowest BCUT2D eigenvalue weighted by molar-refractivity contribution is 0.101. The topological polar surface area (TPSA) is 157 Å². The second-order valence-electron chi connectivity index (χ2n) is 8.57. The van der Waals surface area contributed by atoms with E-state index in [-0.39, 0.29) is 16.6 Å². The summed E-state index contributed by atoms with van der Waals surface area (Å²) < 4.78 is 25.5. The third-order valence-electron chi connectivity index (χ3n) is 5.83. The summed E-state index contributed by atoms with van der Waals surface area (Å²) >= 11 is 0. The number of carbonyl (C=O) groups is 1. The van der Waals surface area contributed by atoms with Gasteiger partial charge in [0.15, 0.2) is 0 Å². The SMILES string of the molecule is CCCCc1cc(C(=O)Nc2ccc(-c3ccccc3S(N)(=O)=O)cc2)n(-c2cccc(C(=N)N)c2)n1. The lowest BCUT2D eigenvalue weighted by atomic mass is 10.1. The van der Waals surface area contributed by atoms with Gasteiger partial charge in [-0.15, -0.1) is 0 Å². The molecule has 0 atom stereocenters. The van der Waals surface area contributed by atoms with Gasteiger partial charge in [-0.05, 0) is 54.8 Å². The molecule has 6 N–H and O–H groups in total. The maximum atomic E-state index is 13.3. The number of rotatable bonds is 9. The van der Waals surface area contributed by atoms with Crippen LogP contribution >= 0.6 is 0 Å². The van der Waals surface area contributed by atoms with Gasteiger partial charge in [-0.25, -0.2) is 18.2 Å². The third-order valence-corrected chi connectivity index (χ3v) is 6.80. The highest BCUT2D eigenvalue weighted by Crippen LogP contribution is 2.28. The predicted molar refractivity (Wildman–Crippen MR) is 144 cm³/mol. The Balaban J connectivity index is 1.63. The standard InChI is InChI=1S/C27H28N6O3S/c1-2-3-8-21-17-24(33(32-21)22-9-6-7-19(16-22)26(28)29)27(34)31-20-14-12-18(13-15-20)23-10-4-5-11-25(23)37(30,35)36/h4-7,9-17H,2-3,8H2,1H3,(H3,28,29)(H,31,34)(H2,30,35,36). The molecule has 3 aromatic carbocycles. The van der Waals surface area contributed by atoms with Crippen LogP contribution in [0.3, 0.4) is 0 Å². The zero-order chi connectivity index (χ0) is 26.6. The number of nitrogen functional groups attached to an aromatic ring is 1. The van der Waals surface area contributed by atoms with Gasteiger partial charge in [0, 0.05) is 16.8 Å². The fourth-order valence-corrected chi connectivity index (χ4v) is 4.72. The first-order chi connectivity index (χ1) is 17.7. The van der Waals surface area contributed by atoms with Crippen molar-refractivity contribution in [2.45, 2.75) is 31.1 Å². The fraction of sp³-hybridized carbons (Fsp3) is 0.148. The number of nitrogens with two attached hydrogens (primary N) is 2. The lowest BCUT2D eigenvalue weighted by Crippen LogP contribution is -2.17. The largest absolute Gasteiger partial charge is 0.384 e. The summed E-state index contributed by atoms with van der Waals surface area (Å²) in [6, 6.07) is 22.1. The van der Waals surface area contributed by atoms with Crippen molar-refractivity contribution >= 4 is 27.5 Å². The molecule has 0 aliphatic carbocycles. The number of primary sulfonamides is 1. The minimum atomic E-state index is -3.89. The molecule has 4 aromatic rings. The van der Waals surface area contributed by atoms with Crippen molar-refractivity contribution in [1.29, 1.82) is 5.41 Å². The molecule has 0 saturated carbocycles. The van der Waals surface area contributed by atoms with Crippen molar-refractivity contribution in [3.8, 4) is 16.8 Å². The van der Waals surface area contributed by atoms with Gasteiger partial charge in [0.1, 0.15) is 11.5 Å². The number of unbranched alkanes of at least 4 members (excludes halogenated alkanes) is 1. The van der Waals surface area contributed by atoms with E-state index in [1.807, 2.05) is 0 Å². The lowest BCUT2D eigenvalue weighted by Gasteiger charge is -2.11. The number of hydrogen-bond donors (Lipinski definition) is 4. The van der Waals surface area contributed by atoms with Crippen LogP contribution in [0.2, 0.25) is 0 Å². The quantitative estimate of drug-likeness (QED) is 0.195. The Morgan fingerprint density at radius 1 is 1.03 bits per heavy atom. The van der Waals surface area contributed by atoms with Crippen molar-refractivity contribution in [2.75, 3.05) is 5.32 Å². The highest BCUT2D eigenvalue weighted by Gasteiger charge is 2.18. The van der Waals surface area contributed by atoms with Crippen molar-refractivity contribution < 1.29 is 13.2 Å². The van der Waals surface area contributed by atoms with Crippen LogP contribution in [-0.4, -0.2) is 29.9 Å². The van der Waals surface area contributed by atoms with Gasteiger partial charge in [0.2, 0.25) is 10.0 Å². The monoisotopic (exact) mass is 516 g/mol. The van der Waals surface area contributed by atoms with E-state index in [1.54, 1.807) is 77.5 Å². The molecule has 1 aromatic heterocycles. The molecule has 0 unspecified atom stereocenters. The molecule has 0 aliphatic rings. The van der Waals surface area contributed by atoms with Gasteiger partial charge < -0.3 is 11.1 Å². The Morgan fingerprint density at radius 3 is 2.43 bits per heavy atom. The Kier molecular flexibility index (Phi) is 7.51. The van der Waals surface area contributed by atoms with Crippen LogP contribution < -0.4 is 16.2 Å². The molecule has 4 rings (SSSR count). The molecule has 0 spiro atoms. The number of benzene rings is 3. The Bertz CT molecular complexity index is 1560. The maximum Gasteiger partial charge on any atom is 0.274 e. The molecule has 0 fully saturated rings.